The first-order valence-corrected chi connectivity index (χ1v) is 15.9. The summed E-state index contributed by atoms with van der Waals surface area (Å²) in [4.78, 5) is 37.3. The first-order chi connectivity index (χ1) is 22.8. The smallest absolute Gasteiger partial charge is 0.326 e. The van der Waals surface area contributed by atoms with Gasteiger partial charge in [-0.2, -0.15) is 0 Å². The molecular formula is C38H42N2O7. The van der Waals surface area contributed by atoms with E-state index in [4.69, 9.17) is 14.2 Å². The van der Waals surface area contributed by atoms with Crippen molar-refractivity contribution in [1.82, 2.24) is 5.32 Å². The Kier molecular flexibility index (Phi) is 13.2. The van der Waals surface area contributed by atoms with Gasteiger partial charge in [-0.05, 0) is 90.3 Å². The van der Waals surface area contributed by atoms with Crippen molar-refractivity contribution in [3.05, 3.63) is 114 Å². The molecule has 1 atom stereocenters. The van der Waals surface area contributed by atoms with Crippen LogP contribution in [0.4, 0.5) is 5.69 Å². The van der Waals surface area contributed by atoms with Gasteiger partial charge in [-0.1, -0.05) is 56.9 Å². The molecule has 0 fully saturated rings. The molecule has 4 aromatic rings. The number of unbranched alkanes of at least 4 members (excludes halogenated alkanes) is 4. The number of nitrogens with one attached hydrogen (secondary N) is 2. The number of ether oxygens (including phenoxy) is 3. The number of benzene rings is 4. The molecule has 0 saturated heterocycles. The summed E-state index contributed by atoms with van der Waals surface area (Å²) >= 11 is 0. The topological polar surface area (TPSA) is 123 Å². The number of hydrogen-bond acceptors (Lipinski definition) is 6. The summed E-state index contributed by atoms with van der Waals surface area (Å²) in [6, 6.07) is 26.9. The molecule has 0 spiro atoms. The van der Waals surface area contributed by atoms with Gasteiger partial charge in [0.15, 0.2) is 0 Å². The zero-order chi connectivity index (χ0) is 33.4. The third-order valence-corrected chi connectivity index (χ3v) is 7.50. The molecule has 0 unspecified atom stereocenters. The van der Waals surface area contributed by atoms with Crippen LogP contribution in [0.25, 0.3) is 0 Å². The minimum Gasteiger partial charge on any atom is -0.497 e. The zero-order valence-corrected chi connectivity index (χ0v) is 26.9. The molecule has 0 aromatic heterocycles. The van der Waals surface area contributed by atoms with Gasteiger partial charge in [-0.3, -0.25) is 9.59 Å². The Hall–Kier alpha value is -5.31. The Labute approximate surface area is 275 Å². The molecule has 0 aliphatic carbocycles. The number of carbonyl (C=O) groups is 3. The Morgan fingerprint density at radius 3 is 1.89 bits per heavy atom. The van der Waals surface area contributed by atoms with Crippen molar-refractivity contribution in [3.8, 4) is 23.0 Å². The van der Waals surface area contributed by atoms with Gasteiger partial charge in [-0.15, -0.1) is 0 Å². The van der Waals surface area contributed by atoms with E-state index in [-0.39, 0.29) is 24.3 Å². The third kappa shape index (κ3) is 11.5. The van der Waals surface area contributed by atoms with E-state index in [1.807, 2.05) is 36.4 Å². The van der Waals surface area contributed by atoms with Crippen LogP contribution in [-0.2, 0) is 22.4 Å². The van der Waals surface area contributed by atoms with Crippen molar-refractivity contribution >= 4 is 23.5 Å². The Morgan fingerprint density at radius 1 is 0.702 bits per heavy atom. The van der Waals surface area contributed by atoms with E-state index in [9.17, 15) is 19.5 Å². The van der Waals surface area contributed by atoms with Crippen LogP contribution < -0.4 is 24.8 Å². The highest BCUT2D eigenvalue weighted by Gasteiger charge is 2.21. The number of methoxy groups -OCH3 is 1. The van der Waals surface area contributed by atoms with Gasteiger partial charge in [0.25, 0.3) is 5.91 Å². The monoisotopic (exact) mass is 638 g/mol. The van der Waals surface area contributed by atoms with E-state index in [1.54, 1.807) is 55.6 Å². The van der Waals surface area contributed by atoms with Crippen molar-refractivity contribution in [2.24, 2.45) is 0 Å². The highest BCUT2D eigenvalue weighted by molar-refractivity contribution is 5.98. The van der Waals surface area contributed by atoms with Crippen molar-refractivity contribution < 1.29 is 33.7 Å². The lowest BCUT2D eigenvalue weighted by molar-refractivity contribution is -0.139. The first kappa shape index (κ1) is 34.6. The predicted molar refractivity (Wildman–Crippen MR) is 182 cm³/mol. The van der Waals surface area contributed by atoms with Crippen LogP contribution in [0.15, 0.2) is 97.1 Å². The molecule has 9 nitrogen and oxygen atoms in total. The number of aliphatic carboxylic acids is 1. The number of anilines is 1. The molecule has 4 aromatic carbocycles. The highest BCUT2D eigenvalue weighted by Crippen LogP contribution is 2.25. The van der Waals surface area contributed by atoms with Crippen molar-refractivity contribution in [3.63, 3.8) is 0 Å². The lowest BCUT2D eigenvalue weighted by atomic mass is 10.0. The summed E-state index contributed by atoms with van der Waals surface area (Å²) in [5.41, 5.74) is 2.36. The molecule has 0 bridgehead atoms. The van der Waals surface area contributed by atoms with E-state index in [1.165, 1.54) is 37.8 Å². The fourth-order valence-electron chi connectivity index (χ4n) is 4.85. The second kappa shape index (κ2) is 18.0. The maximum atomic E-state index is 12.9. The van der Waals surface area contributed by atoms with Crippen LogP contribution in [0.2, 0.25) is 0 Å². The van der Waals surface area contributed by atoms with Crippen LogP contribution in [-0.4, -0.2) is 42.6 Å². The van der Waals surface area contributed by atoms with Crippen LogP contribution in [0.1, 0.15) is 60.5 Å². The summed E-state index contributed by atoms with van der Waals surface area (Å²) in [7, 11) is 1.58. The lowest BCUT2D eigenvalue weighted by Crippen LogP contribution is -2.42. The number of carboxylic acids is 1. The molecule has 47 heavy (non-hydrogen) atoms. The molecule has 9 heteroatoms. The number of carboxylic acid groups (broad SMARTS) is 1. The fourth-order valence-corrected chi connectivity index (χ4v) is 4.85. The molecular weight excluding hydrogens is 596 g/mol. The quantitative estimate of drug-likeness (QED) is 0.0968. The molecule has 246 valence electrons. The van der Waals surface area contributed by atoms with Crippen LogP contribution in [0.3, 0.4) is 0 Å². The maximum absolute atomic E-state index is 12.9. The van der Waals surface area contributed by atoms with E-state index >= 15 is 0 Å². The minimum atomic E-state index is -1.15. The summed E-state index contributed by atoms with van der Waals surface area (Å²) in [5.74, 6) is 0.885. The summed E-state index contributed by atoms with van der Waals surface area (Å²) in [5, 5.41) is 15.2. The van der Waals surface area contributed by atoms with Gasteiger partial charge < -0.3 is 30.0 Å². The van der Waals surface area contributed by atoms with Gasteiger partial charge in [0.1, 0.15) is 29.0 Å². The molecule has 0 heterocycles. The highest BCUT2D eigenvalue weighted by atomic mass is 16.5. The van der Waals surface area contributed by atoms with Crippen molar-refractivity contribution in [2.45, 2.75) is 57.9 Å². The second-order valence-corrected chi connectivity index (χ2v) is 11.2. The van der Waals surface area contributed by atoms with Gasteiger partial charge in [0.2, 0.25) is 5.91 Å². The molecule has 2 amide bonds. The molecule has 4 rings (SSSR count). The number of hydrogen-bond donors (Lipinski definition) is 3. The third-order valence-electron chi connectivity index (χ3n) is 7.50. The SMILES string of the molecule is CCCCCCCOc1ccc(Oc2ccc(C[C@H](NC(=O)c3ccc(NC(=O)Cc4ccc(OC)cc4)cc3)C(=O)O)cc2)cc1. The normalized spacial score (nSPS) is 11.3. The summed E-state index contributed by atoms with van der Waals surface area (Å²) < 4.78 is 16.9. The molecule has 3 N–H and O–H groups in total. The van der Waals surface area contributed by atoms with Gasteiger partial charge >= 0.3 is 5.97 Å². The zero-order valence-electron chi connectivity index (χ0n) is 26.9. The van der Waals surface area contributed by atoms with Gasteiger partial charge in [-0.25, -0.2) is 4.79 Å². The van der Waals surface area contributed by atoms with E-state index in [2.05, 4.69) is 17.6 Å². The number of amides is 2. The van der Waals surface area contributed by atoms with Crippen LogP contribution in [0.5, 0.6) is 23.0 Å². The average molecular weight is 639 g/mol. The van der Waals surface area contributed by atoms with Crippen LogP contribution >= 0.6 is 0 Å². The van der Waals surface area contributed by atoms with Crippen molar-refractivity contribution in [2.75, 3.05) is 19.0 Å². The minimum absolute atomic E-state index is 0.0886. The Bertz CT molecular complexity index is 1570. The predicted octanol–water partition coefficient (Wildman–Crippen LogP) is 7.44. The summed E-state index contributed by atoms with van der Waals surface area (Å²) in [6.45, 7) is 2.90. The standard InChI is InChI=1S/C38H42N2O7/c1-3-4-5-6-7-24-46-32-20-22-34(23-21-32)47-33-18-10-27(11-19-33)25-35(38(43)44)40-37(42)29-12-14-30(15-13-29)39-36(41)26-28-8-16-31(45-2)17-9-28/h8-23,35H,3-7,24-26H2,1-2H3,(H,39,41)(H,40,42)(H,43,44)/t35-/m0/s1. The Morgan fingerprint density at radius 2 is 1.28 bits per heavy atom. The second-order valence-electron chi connectivity index (χ2n) is 11.2. The maximum Gasteiger partial charge on any atom is 0.326 e. The first-order valence-electron chi connectivity index (χ1n) is 15.9. The van der Waals surface area contributed by atoms with Gasteiger partial charge in [0.05, 0.1) is 20.1 Å². The molecule has 0 aliphatic rings. The molecule has 0 saturated carbocycles. The molecule has 0 radical (unpaired) electrons. The number of carbonyl (C=O) groups excluding carboxylic acids is 2. The largest absolute Gasteiger partial charge is 0.497 e. The van der Waals surface area contributed by atoms with Crippen molar-refractivity contribution in [1.29, 1.82) is 0 Å². The lowest BCUT2D eigenvalue weighted by Gasteiger charge is -2.15. The van der Waals surface area contributed by atoms with E-state index in [0.29, 0.717) is 29.5 Å². The summed E-state index contributed by atoms with van der Waals surface area (Å²) in [6.07, 6.45) is 6.21. The fraction of sp³-hybridized carbons (Fsp3) is 0.289. The van der Waals surface area contributed by atoms with E-state index in [0.717, 1.165) is 23.3 Å². The molecule has 0 aliphatic heterocycles. The van der Waals surface area contributed by atoms with Gasteiger partial charge in [0, 0.05) is 17.7 Å². The van der Waals surface area contributed by atoms with E-state index < -0.39 is 17.9 Å². The Balaban J connectivity index is 1.24. The number of rotatable bonds is 18. The average Bonchev–Trinajstić information content (AvgIpc) is 3.08. The van der Waals surface area contributed by atoms with Crippen LogP contribution in [0, 0.1) is 0 Å².